The van der Waals surface area contributed by atoms with E-state index in [0.717, 1.165) is 24.9 Å². The molecule has 0 unspecified atom stereocenters. The van der Waals surface area contributed by atoms with Crippen molar-refractivity contribution in [2.75, 3.05) is 13.7 Å². The van der Waals surface area contributed by atoms with Gasteiger partial charge in [0.2, 0.25) is 0 Å². The van der Waals surface area contributed by atoms with Crippen LogP contribution in [0.5, 0.6) is 11.5 Å². The fourth-order valence-corrected chi connectivity index (χ4v) is 2.43. The summed E-state index contributed by atoms with van der Waals surface area (Å²) < 4.78 is 34.5. The molecule has 0 amide bonds. The third-order valence-corrected chi connectivity index (χ3v) is 3.56. The first kappa shape index (κ1) is 18.0. The Kier molecular flexibility index (Phi) is 6.84. The largest absolute Gasteiger partial charge is 0.493 e. The molecule has 0 spiro atoms. The van der Waals surface area contributed by atoms with Crippen LogP contribution in [0, 0.1) is 0 Å². The van der Waals surface area contributed by atoms with Gasteiger partial charge in [-0.25, -0.2) is 4.99 Å². The van der Waals surface area contributed by atoms with Gasteiger partial charge in [-0.2, -0.15) is 8.78 Å². The second-order valence-corrected chi connectivity index (χ2v) is 5.34. The van der Waals surface area contributed by atoms with E-state index >= 15 is 0 Å². The fraction of sp³-hybridized carbons (Fsp3) is 0.471. The number of alkyl halides is 2. The first-order chi connectivity index (χ1) is 11.6. The first-order valence-corrected chi connectivity index (χ1v) is 7.94. The van der Waals surface area contributed by atoms with Crippen molar-refractivity contribution < 1.29 is 18.3 Å². The van der Waals surface area contributed by atoms with Crippen LogP contribution in [0.25, 0.3) is 0 Å². The second-order valence-electron chi connectivity index (χ2n) is 5.34. The molecule has 132 valence electrons. The van der Waals surface area contributed by atoms with E-state index in [2.05, 4.69) is 32.5 Å². The Balaban J connectivity index is 2.06. The number of hydrogen-bond donors (Lipinski definition) is 2. The van der Waals surface area contributed by atoms with Crippen LogP contribution in [0.3, 0.4) is 0 Å². The molecule has 2 rings (SSSR count). The van der Waals surface area contributed by atoms with Crippen molar-refractivity contribution in [2.24, 2.45) is 4.99 Å². The van der Waals surface area contributed by atoms with Crippen molar-refractivity contribution in [2.45, 2.75) is 39.0 Å². The second kappa shape index (κ2) is 9.10. The van der Waals surface area contributed by atoms with Crippen molar-refractivity contribution in [1.29, 1.82) is 0 Å². The summed E-state index contributed by atoms with van der Waals surface area (Å²) >= 11 is 0. The van der Waals surface area contributed by atoms with Crippen LogP contribution in [-0.4, -0.2) is 32.3 Å². The standard InChI is InChI=1S/C17H23F2N3O2/c1-3-20-17(22-13-6-4-5-7-13)21-11-12-8-9-14(23-2)15(10-12)24-16(18)19/h4-5,8-10,13,16H,3,6-7,11H2,1-2H3,(H2,20,21,22). The third-order valence-electron chi connectivity index (χ3n) is 3.56. The van der Waals surface area contributed by atoms with Crippen LogP contribution in [-0.2, 0) is 6.54 Å². The molecule has 0 atom stereocenters. The van der Waals surface area contributed by atoms with Gasteiger partial charge in [-0.15, -0.1) is 0 Å². The quantitative estimate of drug-likeness (QED) is 0.455. The SMILES string of the molecule is CCNC(=NCc1ccc(OC)c(OC(F)F)c1)NC1CC=CC1. The normalized spacial score (nSPS) is 15.0. The molecular weight excluding hydrogens is 316 g/mol. The molecule has 0 saturated carbocycles. The van der Waals surface area contributed by atoms with Crippen LogP contribution in [0.15, 0.2) is 35.3 Å². The number of rotatable bonds is 7. The minimum Gasteiger partial charge on any atom is -0.493 e. The maximum Gasteiger partial charge on any atom is 0.387 e. The van der Waals surface area contributed by atoms with Crippen molar-refractivity contribution >= 4 is 5.96 Å². The van der Waals surface area contributed by atoms with Gasteiger partial charge in [-0.3, -0.25) is 0 Å². The van der Waals surface area contributed by atoms with E-state index in [1.165, 1.54) is 13.2 Å². The van der Waals surface area contributed by atoms with Gasteiger partial charge in [0, 0.05) is 12.6 Å². The lowest BCUT2D eigenvalue weighted by Gasteiger charge is -2.17. The summed E-state index contributed by atoms with van der Waals surface area (Å²) in [5.74, 6) is 0.988. The lowest BCUT2D eigenvalue weighted by molar-refractivity contribution is -0.0512. The van der Waals surface area contributed by atoms with Gasteiger partial charge >= 0.3 is 6.61 Å². The summed E-state index contributed by atoms with van der Waals surface area (Å²) in [5, 5.41) is 6.54. The average Bonchev–Trinajstić information content (AvgIpc) is 3.05. The lowest BCUT2D eigenvalue weighted by Crippen LogP contribution is -2.42. The molecule has 1 aromatic rings. The van der Waals surface area contributed by atoms with Crippen LogP contribution < -0.4 is 20.1 Å². The molecule has 0 saturated heterocycles. The van der Waals surface area contributed by atoms with E-state index in [1.54, 1.807) is 12.1 Å². The Hall–Kier alpha value is -2.31. The first-order valence-electron chi connectivity index (χ1n) is 7.94. The monoisotopic (exact) mass is 339 g/mol. The summed E-state index contributed by atoms with van der Waals surface area (Å²) in [5.41, 5.74) is 0.758. The van der Waals surface area contributed by atoms with Crippen LogP contribution in [0.4, 0.5) is 8.78 Å². The molecule has 1 aliphatic carbocycles. The summed E-state index contributed by atoms with van der Waals surface area (Å²) in [6.45, 7) is 0.186. The van der Waals surface area contributed by atoms with E-state index in [9.17, 15) is 8.78 Å². The molecule has 0 heterocycles. The lowest BCUT2D eigenvalue weighted by atomic mass is 10.2. The van der Waals surface area contributed by atoms with E-state index in [-0.39, 0.29) is 11.5 Å². The summed E-state index contributed by atoms with van der Waals surface area (Å²) in [4.78, 5) is 4.51. The molecule has 1 aromatic carbocycles. The van der Waals surface area contributed by atoms with Crippen LogP contribution in [0.2, 0.25) is 0 Å². The molecule has 1 aliphatic rings. The van der Waals surface area contributed by atoms with E-state index in [4.69, 9.17) is 4.74 Å². The molecule has 5 nitrogen and oxygen atoms in total. The molecule has 7 heteroatoms. The fourth-order valence-electron chi connectivity index (χ4n) is 2.43. The highest BCUT2D eigenvalue weighted by atomic mass is 19.3. The smallest absolute Gasteiger partial charge is 0.387 e. The van der Waals surface area contributed by atoms with Gasteiger partial charge in [0.15, 0.2) is 17.5 Å². The zero-order valence-corrected chi connectivity index (χ0v) is 13.9. The summed E-state index contributed by atoms with van der Waals surface area (Å²) in [7, 11) is 1.41. The van der Waals surface area contributed by atoms with Crippen LogP contribution >= 0.6 is 0 Å². The molecule has 2 N–H and O–H groups in total. The number of benzene rings is 1. The van der Waals surface area contributed by atoms with Gasteiger partial charge in [0.1, 0.15) is 0 Å². The topological polar surface area (TPSA) is 54.9 Å². The number of ether oxygens (including phenoxy) is 2. The van der Waals surface area contributed by atoms with Gasteiger partial charge in [0.05, 0.1) is 13.7 Å². The van der Waals surface area contributed by atoms with E-state index in [0.29, 0.717) is 18.5 Å². The Bertz CT molecular complexity index is 583. The third kappa shape index (κ3) is 5.40. The Labute approximate surface area is 140 Å². The van der Waals surface area contributed by atoms with Crippen molar-refractivity contribution in [3.8, 4) is 11.5 Å². The van der Waals surface area contributed by atoms with Crippen molar-refractivity contribution in [1.82, 2.24) is 10.6 Å². The predicted molar refractivity (Wildman–Crippen MR) is 89.7 cm³/mol. The summed E-state index contributed by atoms with van der Waals surface area (Å²) in [6, 6.07) is 5.25. The average molecular weight is 339 g/mol. The number of halogens is 2. The maximum atomic E-state index is 12.5. The highest BCUT2D eigenvalue weighted by molar-refractivity contribution is 5.80. The molecule has 24 heavy (non-hydrogen) atoms. The highest BCUT2D eigenvalue weighted by Gasteiger charge is 2.13. The van der Waals surface area contributed by atoms with E-state index < -0.39 is 6.61 Å². The molecule has 0 aliphatic heterocycles. The Morgan fingerprint density at radius 1 is 1.29 bits per heavy atom. The zero-order valence-electron chi connectivity index (χ0n) is 13.9. The Morgan fingerprint density at radius 3 is 2.67 bits per heavy atom. The number of guanidine groups is 1. The minimum absolute atomic E-state index is 0.0122. The van der Waals surface area contributed by atoms with Crippen molar-refractivity contribution in [3.05, 3.63) is 35.9 Å². The maximum absolute atomic E-state index is 12.5. The number of hydrogen-bond acceptors (Lipinski definition) is 3. The highest BCUT2D eigenvalue weighted by Crippen LogP contribution is 2.29. The van der Waals surface area contributed by atoms with Crippen molar-refractivity contribution in [3.63, 3.8) is 0 Å². The molecule has 0 bridgehead atoms. The van der Waals surface area contributed by atoms with Gasteiger partial charge in [0.25, 0.3) is 0 Å². The van der Waals surface area contributed by atoms with Gasteiger partial charge < -0.3 is 20.1 Å². The Morgan fingerprint density at radius 2 is 2.04 bits per heavy atom. The zero-order chi connectivity index (χ0) is 17.4. The van der Waals surface area contributed by atoms with E-state index in [1.807, 2.05) is 6.92 Å². The minimum atomic E-state index is -2.90. The number of nitrogens with one attached hydrogen (secondary N) is 2. The van der Waals surface area contributed by atoms with Gasteiger partial charge in [-0.1, -0.05) is 18.2 Å². The number of nitrogens with zero attached hydrogens (tertiary/aromatic N) is 1. The van der Waals surface area contributed by atoms with Gasteiger partial charge in [-0.05, 0) is 37.5 Å². The molecule has 0 fully saturated rings. The number of methoxy groups -OCH3 is 1. The van der Waals surface area contributed by atoms with Crippen LogP contribution in [0.1, 0.15) is 25.3 Å². The number of aliphatic imine (C=N–C) groups is 1. The predicted octanol–water partition coefficient (Wildman–Crippen LogP) is 3.07. The summed E-state index contributed by atoms with van der Waals surface area (Å²) in [6.07, 6.45) is 6.22. The molecule has 0 radical (unpaired) electrons. The molecular formula is C17H23F2N3O2. The molecule has 0 aromatic heterocycles.